The van der Waals surface area contributed by atoms with Gasteiger partial charge in [-0.25, -0.2) is 0 Å². The summed E-state index contributed by atoms with van der Waals surface area (Å²) in [6.45, 7) is 0.468. The molecule has 1 unspecified atom stereocenters. The van der Waals surface area contributed by atoms with E-state index in [2.05, 4.69) is 4.74 Å². The van der Waals surface area contributed by atoms with E-state index in [9.17, 15) is 18.3 Å². The lowest BCUT2D eigenvalue weighted by Crippen LogP contribution is -2.45. The topological polar surface area (TPSA) is 73.9 Å². The van der Waals surface area contributed by atoms with Crippen LogP contribution in [0.25, 0.3) is 0 Å². The molecule has 1 aliphatic carbocycles. The average Bonchev–Trinajstić information content (AvgIpc) is 2.31. The van der Waals surface area contributed by atoms with Gasteiger partial charge in [0.05, 0.1) is 31.5 Å². The molecule has 0 spiro atoms. The number of rotatable bonds is 5. The normalized spacial score (nSPS) is 36.5. The third kappa shape index (κ3) is 4.85. The van der Waals surface area contributed by atoms with Crippen LogP contribution in [0, 0.1) is 0 Å². The lowest BCUT2D eigenvalue weighted by atomic mass is 9.92. The van der Waals surface area contributed by atoms with Crippen LogP contribution in [0.5, 0.6) is 0 Å². The summed E-state index contributed by atoms with van der Waals surface area (Å²) < 4.78 is 50.3. The molecule has 118 valence electrons. The number of hydrogen-bond donors (Lipinski definition) is 2. The fourth-order valence-corrected chi connectivity index (χ4v) is 2.38. The molecule has 1 heterocycles. The van der Waals surface area contributed by atoms with E-state index < -0.39 is 18.6 Å². The van der Waals surface area contributed by atoms with Crippen molar-refractivity contribution < 1.29 is 32.5 Å². The first-order valence-corrected chi connectivity index (χ1v) is 6.75. The van der Waals surface area contributed by atoms with Crippen LogP contribution in [0.15, 0.2) is 0 Å². The number of aliphatic hydroxyl groups excluding tert-OH is 1. The monoisotopic (exact) mass is 299 g/mol. The number of ether oxygens (including phenoxy) is 3. The Morgan fingerprint density at radius 1 is 1.25 bits per heavy atom. The van der Waals surface area contributed by atoms with E-state index in [1.165, 1.54) is 0 Å². The van der Waals surface area contributed by atoms with Crippen molar-refractivity contribution in [2.75, 3.05) is 13.2 Å². The van der Waals surface area contributed by atoms with Crippen molar-refractivity contribution in [2.24, 2.45) is 5.73 Å². The fourth-order valence-electron chi connectivity index (χ4n) is 2.38. The van der Waals surface area contributed by atoms with E-state index in [-0.39, 0.29) is 37.7 Å². The number of hydrogen-bond acceptors (Lipinski definition) is 5. The zero-order valence-electron chi connectivity index (χ0n) is 11.0. The highest BCUT2D eigenvalue weighted by molar-refractivity contribution is 4.83. The number of aliphatic hydroxyl groups is 1. The van der Waals surface area contributed by atoms with E-state index in [4.69, 9.17) is 15.2 Å². The summed E-state index contributed by atoms with van der Waals surface area (Å²) >= 11 is 0. The van der Waals surface area contributed by atoms with Gasteiger partial charge in [-0.3, -0.25) is 4.74 Å². The van der Waals surface area contributed by atoms with Gasteiger partial charge < -0.3 is 20.3 Å². The lowest BCUT2D eigenvalue weighted by molar-refractivity contribution is -0.357. The highest BCUT2D eigenvalue weighted by Crippen LogP contribution is 2.32. The van der Waals surface area contributed by atoms with Crippen molar-refractivity contribution >= 4 is 0 Å². The second-order valence-electron chi connectivity index (χ2n) is 5.39. The average molecular weight is 299 g/mol. The minimum Gasteiger partial charge on any atom is -0.388 e. The summed E-state index contributed by atoms with van der Waals surface area (Å²) in [6.07, 6.45) is -4.95. The van der Waals surface area contributed by atoms with Gasteiger partial charge in [0.2, 0.25) is 0 Å². The summed E-state index contributed by atoms with van der Waals surface area (Å²) in [7, 11) is 0. The Hall–Kier alpha value is -0.410. The maximum atomic E-state index is 11.9. The van der Waals surface area contributed by atoms with Crippen molar-refractivity contribution in [1.29, 1.82) is 0 Å². The third-order valence-electron chi connectivity index (χ3n) is 3.63. The molecule has 0 aromatic carbocycles. The molecule has 0 aromatic heterocycles. The van der Waals surface area contributed by atoms with Crippen LogP contribution in [-0.4, -0.2) is 55.1 Å². The third-order valence-corrected chi connectivity index (χ3v) is 3.63. The van der Waals surface area contributed by atoms with Crippen molar-refractivity contribution in [2.45, 2.75) is 62.5 Å². The second kappa shape index (κ2) is 6.57. The Morgan fingerprint density at radius 3 is 2.50 bits per heavy atom. The van der Waals surface area contributed by atoms with Crippen LogP contribution in [0.3, 0.4) is 0 Å². The Morgan fingerprint density at radius 2 is 1.95 bits per heavy atom. The number of halogens is 3. The van der Waals surface area contributed by atoms with Gasteiger partial charge in [-0.15, -0.1) is 13.2 Å². The Bertz CT molecular complexity index is 302. The molecule has 1 saturated heterocycles. The van der Waals surface area contributed by atoms with Gasteiger partial charge in [0.25, 0.3) is 0 Å². The molecular weight excluding hydrogens is 279 g/mol. The Kier molecular flexibility index (Phi) is 5.25. The van der Waals surface area contributed by atoms with Gasteiger partial charge in [-0.05, 0) is 12.8 Å². The van der Waals surface area contributed by atoms with Crippen molar-refractivity contribution in [3.63, 3.8) is 0 Å². The predicted molar refractivity (Wildman–Crippen MR) is 62.9 cm³/mol. The lowest BCUT2D eigenvalue weighted by Gasteiger charge is -2.36. The summed E-state index contributed by atoms with van der Waals surface area (Å²) in [4.78, 5) is 0. The SMILES string of the molecule is N[C@@H]1CC[C@@H](C(O)COC2CC(OC(F)(F)F)C2)OC1. The van der Waals surface area contributed by atoms with Gasteiger partial charge >= 0.3 is 6.36 Å². The Balaban J connectivity index is 1.58. The predicted octanol–water partition coefficient (Wildman–Crippen LogP) is 0.938. The van der Waals surface area contributed by atoms with Crippen LogP contribution < -0.4 is 5.73 Å². The largest absolute Gasteiger partial charge is 0.522 e. The van der Waals surface area contributed by atoms with Gasteiger partial charge in [0, 0.05) is 18.9 Å². The Labute approximate surface area is 115 Å². The van der Waals surface area contributed by atoms with E-state index in [0.29, 0.717) is 13.0 Å². The molecule has 3 N–H and O–H groups in total. The number of nitrogens with two attached hydrogens (primary N) is 1. The second-order valence-corrected chi connectivity index (χ2v) is 5.39. The van der Waals surface area contributed by atoms with Gasteiger partial charge in [-0.2, -0.15) is 0 Å². The van der Waals surface area contributed by atoms with Crippen LogP contribution in [0.4, 0.5) is 13.2 Å². The minimum absolute atomic E-state index is 0.00581. The first-order chi connectivity index (χ1) is 9.33. The van der Waals surface area contributed by atoms with Crippen LogP contribution >= 0.6 is 0 Å². The summed E-state index contributed by atoms with van der Waals surface area (Å²) in [5, 5.41) is 9.88. The fraction of sp³-hybridized carbons (Fsp3) is 1.00. The molecule has 1 saturated carbocycles. The summed E-state index contributed by atoms with van der Waals surface area (Å²) in [6, 6.07) is 0.00581. The molecule has 0 bridgehead atoms. The van der Waals surface area contributed by atoms with Gasteiger partial charge in [-0.1, -0.05) is 0 Å². The van der Waals surface area contributed by atoms with E-state index in [0.717, 1.165) is 6.42 Å². The molecule has 2 fully saturated rings. The van der Waals surface area contributed by atoms with Crippen molar-refractivity contribution in [3.8, 4) is 0 Å². The summed E-state index contributed by atoms with van der Waals surface area (Å²) in [5.74, 6) is 0. The quantitative estimate of drug-likeness (QED) is 0.790. The van der Waals surface area contributed by atoms with Crippen molar-refractivity contribution in [1.82, 2.24) is 0 Å². The molecule has 1 aliphatic heterocycles. The molecule has 3 atom stereocenters. The highest BCUT2D eigenvalue weighted by Gasteiger charge is 2.41. The van der Waals surface area contributed by atoms with Crippen LogP contribution in [0.2, 0.25) is 0 Å². The highest BCUT2D eigenvalue weighted by atomic mass is 19.4. The minimum atomic E-state index is -4.59. The zero-order chi connectivity index (χ0) is 14.8. The molecule has 0 amide bonds. The zero-order valence-corrected chi connectivity index (χ0v) is 11.0. The summed E-state index contributed by atoms with van der Waals surface area (Å²) in [5.41, 5.74) is 5.67. The molecule has 2 aliphatic rings. The van der Waals surface area contributed by atoms with Gasteiger partial charge in [0.1, 0.15) is 6.10 Å². The van der Waals surface area contributed by atoms with E-state index >= 15 is 0 Å². The van der Waals surface area contributed by atoms with Crippen LogP contribution in [-0.2, 0) is 14.2 Å². The molecule has 2 rings (SSSR count). The standard InChI is InChI=1S/C12H20F3NO4/c13-12(14,15)20-9-3-8(4-9)18-6-10(17)11-2-1-7(16)5-19-11/h7-11,17H,1-6,16H2/t7-,8?,9?,10?,11+/m1/s1. The molecule has 8 heteroatoms. The molecule has 5 nitrogen and oxygen atoms in total. The van der Waals surface area contributed by atoms with Gasteiger partial charge in [0.15, 0.2) is 0 Å². The van der Waals surface area contributed by atoms with E-state index in [1.807, 2.05) is 0 Å². The smallest absolute Gasteiger partial charge is 0.388 e. The molecule has 20 heavy (non-hydrogen) atoms. The number of alkyl halides is 3. The molecule has 0 radical (unpaired) electrons. The maximum Gasteiger partial charge on any atom is 0.522 e. The van der Waals surface area contributed by atoms with E-state index in [1.54, 1.807) is 0 Å². The first kappa shape index (κ1) is 16.0. The molecule has 0 aromatic rings. The van der Waals surface area contributed by atoms with Crippen LogP contribution in [0.1, 0.15) is 25.7 Å². The van der Waals surface area contributed by atoms with Crippen molar-refractivity contribution in [3.05, 3.63) is 0 Å². The first-order valence-electron chi connectivity index (χ1n) is 6.75. The molecular formula is C12H20F3NO4. The maximum absolute atomic E-state index is 11.9.